The summed E-state index contributed by atoms with van der Waals surface area (Å²) in [5.74, 6) is 1.59. The number of aromatic amines is 1. The first kappa shape index (κ1) is 20.4. The number of rotatable bonds is 8. The summed E-state index contributed by atoms with van der Waals surface area (Å²) in [4.78, 5) is 33.9. The molecule has 152 valence electrons. The van der Waals surface area contributed by atoms with Crippen LogP contribution in [0.1, 0.15) is 26.6 Å². The number of hydrogen-bond acceptors (Lipinski definition) is 5. The molecule has 0 fully saturated rings. The Balaban J connectivity index is 1.69. The van der Waals surface area contributed by atoms with Crippen molar-refractivity contribution in [2.75, 3.05) is 13.2 Å². The van der Waals surface area contributed by atoms with Gasteiger partial charge in [-0.3, -0.25) is 9.59 Å². The van der Waals surface area contributed by atoms with Crippen LogP contribution in [0, 0.1) is 0 Å². The molecule has 3 aromatic rings. The summed E-state index contributed by atoms with van der Waals surface area (Å²) in [5.41, 5.74) is 0.389. The van der Waals surface area contributed by atoms with Gasteiger partial charge in [-0.15, -0.1) is 0 Å². The largest absolute Gasteiger partial charge is 0.494 e. The Morgan fingerprint density at radius 1 is 1.07 bits per heavy atom. The summed E-state index contributed by atoms with van der Waals surface area (Å²) >= 11 is 0. The lowest BCUT2D eigenvalue weighted by Gasteiger charge is -2.26. The fourth-order valence-electron chi connectivity index (χ4n) is 2.96. The van der Waals surface area contributed by atoms with Gasteiger partial charge in [0, 0.05) is 6.04 Å². The number of aromatic nitrogens is 2. The number of nitrogens with zero attached hydrogens (tertiary/aromatic N) is 2. The molecule has 0 saturated heterocycles. The number of ether oxygens (including phenoxy) is 2. The molecule has 7 heteroatoms. The van der Waals surface area contributed by atoms with Crippen molar-refractivity contribution in [3.63, 3.8) is 0 Å². The number of carbonyl (C=O) groups excluding carboxylic acids is 1. The van der Waals surface area contributed by atoms with E-state index >= 15 is 0 Å². The molecule has 0 bridgehead atoms. The Labute approximate surface area is 169 Å². The zero-order valence-corrected chi connectivity index (χ0v) is 16.8. The highest BCUT2D eigenvalue weighted by atomic mass is 16.5. The molecular weight excluding hydrogens is 370 g/mol. The molecule has 7 nitrogen and oxygen atoms in total. The number of para-hydroxylation sites is 1. The van der Waals surface area contributed by atoms with E-state index in [0.29, 0.717) is 29.1 Å². The predicted molar refractivity (Wildman–Crippen MR) is 111 cm³/mol. The van der Waals surface area contributed by atoms with Crippen LogP contribution in [0.25, 0.3) is 10.9 Å². The maximum absolute atomic E-state index is 12.7. The second-order valence-corrected chi connectivity index (χ2v) is 6.84. The van der Waals surface area contributed by atoms with Crippen molar-refractivity contribution in [1.29, 1.82) is 0 Å². The van der Waals surface area contributed by atoms with Gasteiger partial charge in [-0.25, -0.2) is 4.98 Å². The summed E-state index contributed by atoms with van der Waals surface area (Å²) in [7, 11) is 0. The van der Waals surface area contributed by atoms with Gasteiger partial charge in [0.25, 0.3) is 11.5 Å². The number of amides is 1. The second kappa shape index (κ2) is 9.23. The Morgan fingerprint density at radius 3 is 2.38 bits per heavy atom. The maximum atomic E-state index is 12.7. The van der Waals surface area contributed by atoms with Crippen molar-refractivity contribution in [2.45, 2.75) is 33.4 Å². The fourth-order valence-corrected chi connectivity index (χ4v) is 2.96. The molecule has 0 atom stereocenters. The summed E-state index contributed by atoms with van der Waals surface area (Å²) in [6.45, 7) is 6.42. The molecule has 1 N–H and O–H groups in total. The molecule has 0 spiro atoms. The first-order chi connectivity index (χ1) is 14.0. The minimum absolute atomic E-state index is 0.0804. The number of nitrogens with one attached hydrogen (secondary N) is 1. The van der Waals surface area contributed by atoms with E-state index in [4.69, 9.17) is 9.47 Å². The van der Waals surface area contributed by atoms with Crippen molar-refractivity contribution < 1.29 is 14.3 Å². The first-order valence-electron chi connectivity index (χ1n) is 9.61. The molecule has 2 aromatic carbocycles. The van der Waals surface area contributed by atoms with Gasteiger partial charge in [-0.1, -0.05) is 12.1 Å². The van der Waals surface area contributed by atoms with Crippen LogP contribution in [0.4, 0.5) is 0 Å². The highest BCUT2D eigenvalue weighted by molar-refractivity contribution is 5.79. The third-order valence-electron chi connectivity index (χ3n) is 4.42. The molecule has 0 aliphatic rings. The fraction of sp³-hybridized carbons (Fsp3) is 0.318. The van der Waals surface area contributed by atoms with E-state index in [1.807, 2.05) is 26.8 Å². The Bertz CT molecular complexity index is 1030. The van der Waals surface area contributed by atoms with Crippen LogP contribution < -0.4 is 15.0 Å². The van der Waals surface area contributed by atoms with E-state index in [-0.39, 0.29) is 30.7 Å². The lowest BCUT2D eigenvalue weighted by atomic mass is 10.2. The summed E-state index contributed by atoms with van der Waals surface area (Å²) in [6, 6.07) is 14.2. The summed E-state index contributed by atoms with van der Waals surface area (Å²) in [5, 5.41) is 0.525. The van der Waals surface area contributed by atoms with Crippen molar-refractivity contribution in [1.82, 2.24) is 14.9 Å². The topological polar surface area (TPSA) is 84.5 Å². The second-order valence-electron chi connectivity index (χ2n) is 6.84. The zero-order chi connectivity index (χ0) is 20.8. The van der Waals surface area contributed by atoms with E-state index in [0.717, 1.165) is 5.75 Å². The normalized spacial score (nSPS) is 10.9. The number of benzene rings is 2. The van der Waals surface area contributed by atoms with Crippen LogP contribution in [-0.4, -0.2) is 40.0 Å². The van der Waals surface area contributed by atoms with Gasteiger partial charge >= 0.3 is 0 Å². The standard InChI is InChI=1S/C22H25N3O4/c1-4-28-16-9-11-17(12-10-16)29-14-21(26)25(15(2)3)13-20-23-19-8-6-5-7-18(19)22(27)24-20/h5-12,15H,4,13-14H2,1-3H3,(H,23,24,27). The minimum Gasteiger partial charge on any atom is -0.494 e. The first-order valence-corrected chi connectivity index (χ1v) is 9.61. The van der Waals surface area contributed by atoms with Gasteiger partial charge in [0.15, 0.2) is 6.61 Å². The third kappa shape index (κ3) is 5.13. The van der Waals surface area contributed by atoms with E-state index in [2.05, 4.69) is 9.97 Å². The predicted octanol–water partition coefficient (Wildman–Crippen LogP) is 3.14. The Hall–Kier alpha value is -3.35. The SMILES string of the molecule is CCOc1ccc(OCC(=O)N(Cc2nc3ccccc3c(=O)[nH]2)C(C)C)cc1. The Kier molecular flexibility index (Phi) is 6.49. The molecule has 0 saturated carbocycles. The van der Waals surface area contributed by atoms with Crippen molar-refractivity contribution in [3.05, 3.63) is 64.7 Å². The Morgan fingerprint density at radius 2 is 1.72 bits per heavy atom. The monoisotopic (exact) mass is 395 g/mol. The maximum Gasteiger partial charge on any atom is 0.261 e. The average Bonchev–Trinajstić information content (AvgIpc) is 2.71. The van der Waals surface area contributed by atoms with Crippen LogP contribution >= 0.6 is 0 Å². The van der Waals surface area contributed by atoms with Gasteiger partial charge in [0.2, 0.25) is 0 Å². The molecule has 0 aliphatic heterocycles. The van der Waals surface area contributed by atoms with E-state index < -0.39 is 0 Å². The lowest BCUT2D eigenvalue weighted by Crippen LogP contribution is -2.40. The summed E-state index contributed by atoms with van der Waals surface area (Å²) < 4.78 is 11.0. The van der Waals surface area contributed by atoms with E-state index in [9.17, 15) is 9.59 Å². The zero-order valence-electron chi connectivity index (χ0n) is 16.8. The highest BCUT2D eigenvalue weighted by Gasteiger charge is 2.19. The molecule has 0 radical (unpaired) electrons. The van der Waals surface area contributed by atoms with Crippen molar-refractivity contribution >= 4 is 16.8 Å². The molecule has 3 rings (SSSR count). The third-order valence-corrected chi connectivity index (χ3v) is 4.42. The number of fused-ring (bicyclic) bond motifs is 1. The molecule has 1 heterocycles. The van der Waals surface area contributed by atoms with Crippen molar-refractivity contribution in [3.8, 4) is 11.5 Å². The van der Waals surface area contributed by atoms with Crippen LogP contribution in [-0.2, 0) is 11.3 Å². The number of H-pyrrole nitrogens is 1. The van der Waals surface area contributed by atoms with Gasteiger partial charge in [-0.05, 0) is 57.2 Å². The van der Waals surface area contributed by atoms with Gasteiger partial charge in [-0.2, -0.15) is 0 Å². The molecule has 1 amide bonds. The number of carbonyl (C=O) groups is 1. The average molecular weight is 395 g/mol. The van der Waals surface area contributed by atoms with Crippen LogP contribution in [0.15, 0.2) is 53.3 Å². The van der Waals surface area contributed by atoms with E-state index in [1.54, 1.807) is 47.4 Å². The number of hydrogen-bond donors (Lipinski definition) is 1. The van der Waals surface area contributed by atoms with Crippen LogP contribution in [0.2, 0.25) is 0 Å². The highest BCUT2D eigenvalue weighted by Crippen LogP contribution is 2.18. The molecule has 1 aromatic heterocycles. The minimum atomic E-state index is -0.215. The van der Waals surface area contributed by atoms with Crippen molar-refractivity contribution in [2.24, 2.45) is 0 Å². The van der Waals surface area contributed by atoms with E-state index in [1.165, 1.54) is 0 Å². The smallest absolute Gasteiger partial charge is 0.261 e. The van der Waals surface area contributed by atoms with Gasteiger partial charge < -0.3 is 19.4 Å². The van der Waals surface area contributed by atoms with Gasteiger partial charge in [0.05, 0.1) is 24.1 Å². The summed E-state index contributed by atoms with van der Waals surface area (Å²) in [6.07, 6.45) is 0. The lowest BCUT2D eigenvalue weighted by molar-refractivity contribution is -0.135. The van der Waals surface area contributed by atoms with Gasteiger partial charge in [0.1, 0.15) is 17.3 Å². The molecule has 29 heavy (non-hydrogen) atoms. The van der Waals surface area contributed by atoms with Crippen LogP contribution in [0.3, 0.4) is 0 Å². The molecule has 0 unspecified atom stereocenters. The quantitative estimate of drug-likeness (QED) is 0.633. The van der Waals surface area contributed by atoms with Crippen LogP contribution in [0.5, 0.6) is 11.5 Å². The molecule has 0 aliphatic carbocycles. The molecular formula is C22H25N3O4.